The second-order valence-corrected chi connectivity index (χ2v) is 0. The molecule has 0 aliphatic heterocycles. The fraction of sp³-hybridized carbons (Fsp3) is 0. The predicted octanol–water partition coefficient (Wildman–Crippen LogP) is -3.59. The summed E-state index contributed by atoms with van der Waals surface area (Å²) in [5.41, 5.74) is 0. The van der Waals surface area contributed by atoms with Crippen molar-refractivity contribution in [3.05, 3.63) is 0 Å². The number of rotatable bonds is 0. The maximum atomic E-state index is 0. The molecular formula is NaNbO5Ti. The van der Waals surface area contributed by atoms with Crippen molar-refractivity contribution in [1.82, 2.24) is 0 Å². The molecule has 0 bridgehead atoms. The molecule has 0 amide bonds. The van der Waals surface area contributed by atoms with E-state index in [4.69, 9.17) is 0 Å². The van der Waals surface area contributed by atoms with Crippen LogP contribution in [0.25, 0.3) is 0 Å². The van der Waals surface area contributed by atoms with Crippen LogP contribution in [0.2, 0.25) is 0 Å². The van der Waals surface area contributed by atoms with Crippen molar-refractivity contribution in [2.75, 3.05) is 0 Å². The van der Waals surface area contributed by atoms with E-state index in [1.54, 1.807) is 0 Å². The molecule has 5 nitrogen and oxygen atoms in total. The Hall–Kier alpha value is 2.25. The quantitative estimate of drug-likeness (QED) is 0.388. The van der Waals surface area contributed by atoms with Crippen molar-refractivity contribution in [2.24, 2.45) is 0 Å². The van der Waals surface area contributed by atoms with Gasteiger partial charge in [-0.3, -0.25) is 0 Å². The van der Waals surface area contributed by atoms with Gasteiger partial charge in [0.2, 0.25) is 0 Å². The van der Waals surface area contributed by atoms with Gasteiger partial charge in [-0.15, -0.1) is 0 Å². The normalized spacial score (nSPS) is 0. The molecule has 0 unspecified atom stereocenters. The predicted molar refractivity (Wildman–Crippen MR) is 3.43 cm³/mol. The summed E-state index contributed by atoms with van der Waals surface area (Å²) in [6, 6.07) is 0. The van der Waals surface area contributed by atoms with Crippen LogP contribution in [0.5, 0.6) is 0 Å². The van der Waals surface area contributed by atoms with E-state index in [-0.39, 0.29) is 101 Å². The van der Waals surface area contributed by atoms with Gasteiger partial charge < -0.3 is 27.4 Å². The van der Waals surface area contributed by atoms with E-state index in [0.717, 1.165) is 0 Å². The Morgan fingerprint density at radius 1 is 0.500 bits per heavy atom. The Morgan fingerprint density at radius 2 is 0.500 bits per heavy atom. The first-order valence-electron chi connectivity index (χ1n) is 0. The summed E-state index contributed by atoms with van der Waals surface area (Å²) >= 11 is 0. The van der Waals surface area contributed by atoms with Crippen LogP contribution in [0.3, 0.4) is 0 Å². The minimum Gasteiger partial charge on any atom is -2.00 e. The van der Waals surface area contributed by atoms with Crippen LogP contribution in [0.15, 0.2) is 0 Å². The molecule has 0 rings (SSSR count). The first kappa shape index (κ1) is 173. The molecule has 0 aliphatic carbocycles. The molecule has 40 valence electrons. The molecular weight excluding hydrogens is 244 g/mol. The van der Waals surface area contributed by atoms with Gasteiger partial charge in [0.25, 0.3) is 0 Å². The van der Waals surface area contributed by atoms with Crippen LogP contribution in [0, 0.1) is 0 Å². The SMILES string of the molecule is [Na+].[Nb+5].[O-2].[O-2].[O-2].[O-2].[O-2].[Ti+4]. The third-order valence-electron chi connectivity index (χ3n) is 0. The maximum absolute atomic E-state index is 0. The smallest absolute Gasteiger partial charge is 2.00 e. The first-order valence-corrected chi connectivity index (χ1v) is 0. The van der Waals surface area contributed by atoms with E-state index < -0.39 is 0 Å². The topological polar surface area (TPSA) is 142 Å². The van der Waals surface area contributed by atoms with E-state index in [1.165, 1.54) is 0 Å². The van der Waals surface area contributed by atoms with Gasteiger partial charge >= 0.3 is 73.7 Å². The number of hydrogen-bond donors (Lipinski definition) is 0. The monoisotopic (exact) mass is 244 g/mol. The molecule has 0 aliphatic rings. The zero-order chi connectivity index (χ0) is 0. The fourth-order valence-electron chi connectivity index (χ4n) is 0. The Balaban J connectivity index is 0. The average molecular weight is 244 g/mol. The Labute approximate surface area is 99.8 Å². The third kappa shape index (κ3) is 85.5. The molecule has 0 heterocycles. The Bertz CT molecular complexity index is 12.4. The summed E-state index contributed by atoms with van der Waals surface area (Å²) in [4.78, 5) is 0. The molecule has 0 radical (unpaired) electrons. The zero-order valence-corrected chi connectivity index (χ0v) is 9.75. The Morgan fingerprint density at radius 3 is 0.500 bits per heavy atom. The summed E-state index contributed by atoms with van der Waals surface area (Å²) in [7, 11) is 0. The maximum Gasteiger partial charge on any atom is 5.00 e. The van der Waals surface area contributed by atoms with E-state index in [0.29, 0.717) is 0 Å². The second-order valence-electron chi connectivity index (χ2n) is 0. The summed E-state index contributed by atoms with van der Waals surface area (Å²) in [6.07, 6.45) is 0. The molecule has 0 fully saturated rings. The van der Waals surface area contributed by atoms with Gasteiger partial charge in [-0.1, -0.05) is 0 Å². The largest absolute Gasteiger partial charge is 5.00 e. The zero-order valence-electron chi connectivity index (χ0n) is 3.99. The summed E-state index contributed by atoms with van der Waals surface area (Å²) in [5.74, 6) is 0. The fourth-order valence-corrected chi connectivity index (χ4v) is 0. The van der Waals surface area contributed by atoms with Gasteiger partial charge in [0.15, 0.2) is 0 Å². The van der Waals surface area contributed by atoms with Gasteiger partial charge in [0.05, 0.1) is 0 Å². The van der Waals surface area contributed by atoms with E-state index >= 15 is 0 Å². The standard InChI is InChI=1S/Na.Nb.5O.Ti/q+1;+5;5*-2;+4. The van der Waals surface area contributed by atoms with Crippen LogP contribution >= 0.6 is 0 Å². The van der Waals surface area contributed by atoms with Crippen molar-refractivity contribution < 1.29 is 101 Å². The first-order chi connectivity index (χ1) is 0. The Kier molecular flexibility index (Phi) is 2680. The van der Waals surface area contributed by atoms with Crippen molar-refractivity contribution in [3.8, 4) is 0 Å². The average Bonchev–Trinajstić information content (AvgIpc) is 0. The summed E-state index contributed by atoms with van der Waals surface area (Å²) in [6.45, 7) is 0. The molecule has 8 heavy (non-hydrogen) atoms. The van der Waals surface area contributed by atoms with Gasteiger partial charge in [-0.2, -0.15) is 0 Å². The molecule has 0 saturated carbocycles. The van der Waals surface area contributed by atoms with Gasteiger partial charge in [-0.25, -0.2) is 0 Å². The molecule has 0 atom stereocenters. The molecule has 0 N–H and O–H groups in total. The molecule has 0 aromatic heterocycles. The van der Waals surface area contributed by atoms with Crippen LogP contribution in [0.4, 0.5) is 0 Å². The molecule has 0 aromatic carbocycles. The second kappa shape index (κ2) is 124. The molecule has 8 heteroatoms. The molecule has 0 saturated heterocycles. The van der Waals surface area contributed by atoms with Gasteiger partial charge in [0.1, 0.15) is 0 Å². The van der Waals surface area contributed by atoms with Crippen molar-refractivity contribution in [1.29, 1.82) is 0 Å². The van der Waals surface area contributed by atoms with Crippen molar-refractivity contribution >= 4 is 0 Å². The van der Waals surface area contributed by atoms with E-state index in [2.05, 4.69) is 0 Å². The van der Waals surface area contributed by atoms with E-state index in [9.17, 15) is 0 Å². The van der Waals surface area contributed by atoms with Gasteiger partial charge in [0, 0.05) is 0 Å². The van der Waals surface area contributed by atoms with E-state index in [1.807, 2.05) is 0 Å². The third-order valence-corrected chi connectivity index (χ3v) is 0. The summed E-state index contributed by atoms with van der Waals surface area (Å²) < 4.78 is 0. The number of hydrogen-bond acceptors (Lipinski definition) is 0. The van der Waals surface area contributed by atoms with Crippen molar-refractivity contribution in [3.63, 3.8) is 0 Å². The van der Waals surface area contributed by atoms with Crippen molar-refractivity contribution in [2.45, 2.75) is 0 Å². The summed E-state index contributed by atoms with van der Waals surface area (Å²) in [5, 5.41) is 0. The molecule has 0 aromatic rings. The van der Waals surface area contributed by atoms with Gasteiger partial charge in [-0.05, 0) is 0 Å². The van der Waals surface area contributed by atoms with Crippen LogP contribution < -0.4 is 29.6 Å². The van der Waals surface area contributed by atoms with Crippen LogP contribution in [-0.2, 0) is 71.5 Å². The van der Waals surface area contributed by atoms with Crippen LogP contribution in [-0.4, -0.2) is 0 Å². The minimum atomic E-state index is 0. The minimum absolute atomic E-state index is 0. The molecule has 0 spiro atoms. The van der Waals surface area contributed by atoms with Crippen LogP contribution in [0.1, 0.15) is 0 Å².